The number of esters is 1. The highest BCUT2D eigenvalue weighted by Crippen LogP contribution is 2.26. The molecule has 2 aromatic carbocycles. The molecule has 0 amide bonds. The number of sulfonamides is 1. The van der Waals surface area contributed by atoms with E-state index >= 15 is 0 Å². The first-order chi connectivity index (χ1) is 14.5. The van der Waals surface area contributed by atoms with Crippen molar-refractivity contribution < 1.29 is 17.9 Å². The van der Waals surface area contributed by atoms with Crippen molar-refractivity contribution >= 4 is 33.3 Å². The van der Waals surface area contributed by atoms with E-state index in [0.717, 1.165) is 5.56 Å². The van der Waals surface area contributed by atoms with Crippen LogP contribution in [0.15, 0.2) is 66.1 Å². The molecule has 0 fully saturated rings. The van der Waals surface area contributed by atoms with E-state index in [1.807, 2.05) is 0 Å². The van der Waals surface area contributed by atoms with E-state index in [4.69, 9.17) is 16.3 Å². The van der Waals surface area contributed by atoms with Gasteiger partial charge in [-0.1, -0.05) is 23.7 Å². The lowest BCUT2D eigenvalue weighted by atomic mass is 10.1. The number of imidazole rings is 1. The molecule has 0 N–H and O–H groups in total. The number of aromatic nitrogens is 2. The molecule has 1 heterocycles. The summed E-state index contributed by atoms with van der Waals surface area (Å²) in [6.07, 6.45) is 2.87. The van der Waals surface area contributed by atoms with E-state index in [-0.39, 0.29) is 11.6 Å². The normalized spacial score (nSPS) is 11.9. The number of carbonyl (C=O) groups is 1. The number of hydrogen-bond donors (Lipinski definition) is 0. The second-order valence-electron chi connectivity index (χ2n) is 8.06. The lowest BCUT2D eigenvalue weighted by Crippen LogP contribution is -2.31. The van der Waals surface area contributed by atoms with Crippen LogP contribution in [0.2, 0.25) is 5.02 Å². The van der Waals surface area contributed by atoms with Gasteiger partial charge in [0, 0.05) is 18.3 Å². The summed E-state index contributed by atoms with van der Waals surface area (Å²) in [6.45, 7) is 5.42. The van der Waals surface area contributed by atoms with Gasteiger partial charge in [0.25, 0.3) is 10.0 Å². The second kappa shape index (κ2) is 8.72. The Bertz CT molecular complexity index is 1160. The van der Waals surface area contributed by atoms with Gasteiger partial charge >= 0.3 is 5.97 Å². The molecule has 1 aromatic heterocycles. The maximum Gasteiger partial charge on any atom is 0.338 e. The number of anilines is 1. The Morgan fingerprint density at radius 1 is 1.10 bits per heavy atom. The highest BCUT2D eigenvalue weighted by Gasteiger charge is 2.28. The molecule has 31 heavy (non-hydrogen) atoms. The average molecular weight is 462 g/mol. The third-order valence-corrected chi connectivity index (χ3v) is 6.18. The fourth-order valence-corrected chi connectivity index (χ4v) is 4.36. The lowest BCUT2D eigenvalue weighted by molar-refractivity contribution is 0.00695. The summed E-state index contributed by atoms with van der Waals surface area (Å²) in [5, 5.41) is 0.491. The summed E-state index contributed by atoms with van der Waals surface area (Å²) in [7, 11) is -2.25. The molecule has 0 aliphatic rings. The summed E-state index contributed by atoms with van der Waals surface area (Å²) >= 11 is 5.96. The predicted octanol–water partition coefficient (Wildman–Crippen LogP) is 4.42. The Labute approximate surface area is 187 Å². The summed E-state index contributed by atoms with van der Waals surface area (Å²) in [5.41, 5.74) is 0.854. The molecule has 0 saturated heterocycles. The molecule has 3 aromatic rings. The number of nitrogens with zero attached hydrogens (tertiary/aromatic N) is 3. The van der Waals surface area contributed by atoms with Crippen LogP contribution in [0.4, 0.5) is 5.69 Å². The summed E-state index contributed by atoms with van der Waals surface area (Å²) < 4.78 is 34.9. The van der Waals surface area contributed by atoms with Crippen LogP contribution in [0.25, 0.3) is 0 Å². The van der Waals surface area contributed by atoms with Crippen LogP contribution in [-0.2, 0) is 28.4 Å². The van der Waals surface area contributed by atoms with Gasteiger partial charge in [-0.25, -0.2) is 9.78 Å². The van der Waals surface area contributed by atoms with Gasteiger partial charge in [-0.2, -0.15) is 8.42 Å². The first-order valence-corrected chi connectivity index (χ1v) is 11.4. The van der Waals surface area contributed by atoms with Crippen molar-refractivity contribution in [1.29, 1.82) is 0 Å². The standard InChI is InChI=1S/C22H24ClN3O4S/c1-22(2,3)30-21(27)17-7-11-19(12-8-17)26(13-16-5-9-18(23)10-6-16)31(28,29)20-14-25(4)15-24-20/h5-12,14-15H,13H2,1-4H3. The molecular weight excluding hydrogens is 438 g/mol. The van der Waals surface area contributed by atoms with Gasteiger partial charge in [-0.3, -0.25) is 4.31 Å². The molecule has 0 spiro atoms. The molecular formula is C22H24ClN3O4S. The fraction of sp³-hybridized carbons (Fsp3) is 0.273. The van der Waals surface area contributed by atoms with Crippen LogP contribution in [-0.4, -0.2) is 29.5 Å². The Hall–Kier alpha value is -2.84. The average Bonchev–Trinajstić information content (AvgIpc) is 3.13. The third kappa shape index (κ3) is 5.65. The molecule has 0 bridgehead atoms. The number of carbonyl (C=O) groups excluding carboxylic acids is 1. The quantitative estimate of drug-likeness (QED) is 0.507. The third-order valence-electron chi connectivity index (χ3n) is 4.26. The van der Waals surface area contributed by atoms with Crippen molar-refractivity contribution in [3.63, 3.8) is 0 Å². The Balaban J connectivity index is 1.98. The van der Waals surface area contributed by atoms with Crippen LogP contribution in [0, 0.1) is 0 Å². The number of hydrogen-bond acceptors (Lipinski definition) is 5. The molecule has 7 nitrogen and oxygen atoms in total. The maximum atomic E-state index is 13.4. The largest absolute Gasteiger partial charge is 0.456 e. The highest BCUT2D eigenvalue weighted by molar-refractivity contribution is 7.92. The van der Waals surface area contributed by atoms with E-state index in [9.17, 15) is 13.2 Å². The summed E-state index contributed by atoms with van der Waals surface area (Å²) in [6, 6.07) is 13.2. The zero-order valence-corrected chi connectivity index (χ0v) is 19.3. The SMILES string of the molecule is Cn1cnc(S(=O)(=O)N(Cc2ccc(Cl)cc2)c2ccc(C(=O)OC(C)(C)C)cc2)c1. The minimum Gasteiger partial charge on any atom is -0.456 e. The van der Waals surface area contributed by atoms with Crippen LogP contribution in [0.5, 0.6) is 0 Å². The highest BCUT2D eigenvalue weighted by atomic mass is 35.5. The molecule has 3 rings (SSSR count). The maximum absolute atomic E-state index is 13.4. The molecule has 0 aliphatic carbocycles. The summed E-state index contributed by atoms with van der Waals surface area (Å²) in [5.74, 6) is -0.476. The number of rotatable bonds is 6. The smallest absolute Gasteiger partial charge is 0.338 e. The van der Waals surface area contributed by atoms with Crippen LogP contribution < -0.4 is 4.31 Å². The van der Waals surface area contributed by atoms with Gasteiger partial charge in [-0.05, 0) is 62.7 Å². The van der Waals surface area contributed by atoms with Crippen LogP contribution in [0.1, 0.15) is 36.7 Å². The van der Waals surface area contributed by atoms with Crippen molar-refractivity contribution in [1.82, 2.24) is 9.55 Å². The summed E-state index contributed by atoms with van der Waals surface area (Å²) in [4.78, 5) is 16.3. The topological polar surface area (TPSA) is 81.5 Å². The van der Waals surface area contributed by atoms with E-state index < -0.39 is 21.6 Å². The number of aryl methyl sites for hydroxylation is 1. The van der Waals surface area contributed by atoms with Gasteiger partial charge < -0.3 is 9.30 Å². The monoisotopic (exact) mass is 461 g/mol. The van der Waals surface area contributed by atoms with E-state index in [0.29, 0.717) is 16.3 Å². The van der Waals surface area contributed by atoms with Gasteiger partial charge in [0.05, 0.1) is 24.1 Å². The number of ether oxygens (including phenoxy) is 1. The first-order valence-electron chi connectivity index (χ1n) is 9.54. The molecule has 9 heteroatoms. The van der Waals surface area contributed by atoms with Crippen molar-refractivity contribution in [2.45, 2.75) is 37.9 Å². The van der Waals surface area contributed by atoms with Gasteiger partial charge in [-0.15, -0.1) is 0 Å². The van der Waals surface area contributed by atoms with Gasteiger partial charge in [0.1, 0.15) is 5.60 Å². The fourth-order valence-electron chi connectivity index (χ4n) is 2.81. The molecule has 0 unspecified atom stereocenters. The van der Waals surface area contributed by atoms with E-state index in [1.54, 1.807) is 80.9 Å². The lowest BCUT2D eigenvalue weighted by Gasteiger charge is -2.24. The second-order valence-corrected chi connectivity index (χ2v) is 10.3. The molecule has 0 aliphatic heterocycles. The predicted molar refractivity (Wildman–Crippen MR) is 120 cm³/mol. The Morgan fingerprint density at radius 2 is 1.71 bits per heavy atom. The number of halogens is 1. The Kier molecular flexibility index (Phi) is 6.43. The Morgan fingerprint density at radius 3 is 2.23 bits per heavy atom. The van der Waals surface area contributed by atoms with Crippen molar-refractivity contribution in [2.24, 2.45) is 7.05 Å². The van der Waals surface area contributed by atoms with Crippen LogP contribution in [0.3, 0.4) is 0 Å². The molecule has 0 atom stereocenters. The van der Waals surface area contributed by atoms with Crippen molar-refractivity contribution in [3.05, 3.63) is 77.2 Å². The van der Waals surface area contributed by atoms with Crippen molar-refractivity contribution in [2.75, 3.05) is 4.31 Å². The zero-order valence-electron chi connectivity index (χ0n) is 17.7. The molecule has 0 radical (unpaired) electrons. The van der Waals surface area contributed by atoms with E-state index in [2.05, 4.69) is 4.98 Å². The van der Waals surface area contributed by atoms with Gasteiger partial charge in [0.2, 0.25) is 0 Å². The molecule has 0 saturated carbocycles. The van der Waals surface area contributed by atoms with Crippen LogP contribution >= 0.6 is 11.6 Å². The van der Waals surface area contributed by atoms with E-state index in [1.165, 1.54) is 16.8 Å². The minimum absolute atomic E-state index is 0.0693. The minimum atomic E-state index is -3.95. The van der Waals surface area contributed by atoms with Crippen molar-refractivity contribution in [3.8, 4) is 0 Å². The molecule has 164 valence electrons. The number of benzene rings is 2. The van der Waals surface area contributed by atoms with Gasteiger partial charge in [0.15, 0.2) is 5.03 Å². The first kappa shape index (κ1) is 22.8. The zero-order chi connectivity index (χ0) is 22.8.